The third-order valence-corrected chi connectivity index (χ3v) is 5.45. The highest BCUT2D eigenvalue weighted by Gasteiger charge is 2.32. The Hall–Kier alpha value is -2.70. The third-order valence-electron chi connectivity index (χ3n) is 5.45. The molecular formula is C20H20N4O2. The van der Waals surface area contributed by atoms with Crippen LogP contribution in [0.4, 0.5) is 0 Å². The molecule has 2 aliphatic heterocycles. The smallest absolute Gasteiger partial charge is 0.279 e. The van der Waals surface area contributed by atoms with Crippen molar-refractivity contribution < 1.29 is 4.79 Å². The standard InChI is InChI=1S/C20H20N4O2/c25-19-14-4-1-2-5-15(14)23(13-12-22-10-7-21-8-11-22)18-17(19)16-6-3-9-24(16)20(18)26/h1-6,9,21H,7-8,10-13H2. The SMILES string of the molecule is O=C1c2c(c(=O)c3ccccc3n2CCN2CCNCC2)-c2cccn21. The molecule has 1 aromatic carbocycles. The summed E-state index contributed by atoms with van der Waals surface area (Å²) in [5, 5.41) is 4.03. The zero-order valence-corrected chi connectivity index (χ0v) is 14.4. The van der Waals surface area contributed by atoms with E-state index in [0.717, 1.165) is 38.2 Å². The predicted molar refractivity (Wildman–Crippen MR) is 101 cm³/mol. The van der Waals surface area contributed by atoms with Crippen LogP contribution >= 0.6 is 0 Å². The minimum atomic E-state index is -0.108. The third kappa shape index (κ3) is 2.19. The van der Waals surface area contributed by atoms with Gasteiger partial charge in [0, 0.05) is 50.9 Å². The predicted octanol–water partition coefficient (Wildman–Crippen LogP) is 1.38. The number of rotatable bonds is 3. The highest BCUT2D eigenvalue weighted by atomic mass is 16.2. The molecule has 3 aromatic rings. The van der Waals surface area contributed by atoms with Crippen LogP contribution in [0.25, 0.3) is 22.2 Å². The van der Waals surface area contributed by atoms with Crippen LogP contribution in [0.1, 0.15) is 10.5 Å². The zero-order chi connectivity index (χ0) is 17.7. The number of aromatic nitrogens is 2. The van der Waals surface area contributed by atoms with Gasteiger partial charge in [0.1, 0.15) is 5.69 Å². The average Bonchev–Trinajstić information content (AvgIpc) is 3.26. The molecule has 1 N–H and O–H groups in total. The lowest BCUT2D eigenvalue weighted by atomic mass is 10.1. The molecule has 26 heavy (non-hydrogen) atoms. The van der Waals surface area contributed by atoms with Gasteiger partial charge in [-0.3, -0.25) is 19.1 Å². The van der Waals surface area contributed by atoms with Gasteiger partial charge in [-0.1, -0.05) is 12.1 Å². The van der Waals surface area contributed by atoms with Gasteiger partial charge in [0.05, 0.1) is 16.8 Å². The van der Waals surface area contributed by atoms with E-state index in [-0.39, 0.29) is 11.3 Å². The molecule has 0 radical (unpaired) electrons. The molecule has 1 saturated heterocycles. The monoisotopic (exact) mass is 348 g/mol. The van der Waals surface area contributed by atoms with Crippen molar-refractivity contribution in [1.82, 2.24) is 19.4 Å². The normalized spacial score (nSPS) is 16.8. The Morgan fingerprint density at radius 2 is 1.77 bits per heavy atom. The first kappa shape index (κ1) is 15.5. The van der Waals surface area contributed by atoms with E-state index in [4.69, 9.17) is 0 Å². The van der Waals surface area contributed by atoms with E-state index >= 15 is 0 Å². The molecule has 4 heterocycles. The Bertz CT molecular complexity index is 1070. The highest BCUT2D eigenvalue weighted by molar-refractivity contribution is 6.09. The Balaban J connectivity index is 1.68. The fourth-order valence-corrected chi connectivity index (χ4v) is 4.14. The molecule has 0 atom stereocenters. The van der Waals surface area contributed by atoms with Gasteiger partial charge in [-0.05, 0) is 24.3 Å². The molecule has 0 aliphatic carbocycles. The van der Waals surface area contributed by atoms with Crippen LogP contribution in [0.15, 0.2) is 47.4 Å². The van der Waals surface area contributed by atoms with Crippen molar-refractivity contribution in [1.29, 1.82) is 0 Å². The number of nitrogens with zero attached hydrogens (tertiary/aromatic N) is 3. The summed E-state index contributed by atoms with van der Waals surface area (Å²) >= 11 is 0. The summed E-state index contributed by atoms with van der Waals surface area (Å²) in [5.41, 5.74) is 2.56. The summed E-state index contributed by atoms with van der Waals surface area (Å²) in [6.07, 6.45) is 1.74. The van der Waals surface area contributed by atoms with Crippen molar-refractivity contribution in [2.75, 3.05) is 32.7 Å². The zero-order valence-electron chi connectivity index (χ0n) is 14.4. The second kappa shape index (κ2) is 5.93. The number of benzene rings is 1. The van der Waals surface area contributed by atoms with Gasteiger partial charge in [0.15, 0.2) is 5.43 Å². The number of carbonyl (C=O) groups excluding carboxylic acids is 1. The van der Waals surface area contributed by atoms with E-state index < -0.39 is 0 Å². The van der Waals surface area contributed by atoms with Crippen LogP contribution in [0.2, 0.25) is 0 Å². The molecule has 0 amide bonds. The fourth-order valence-electron chi connectivity index (χ4n) is 4.14. The van der Waals surface area contributed by atoms with Gasteiger partial charge in [0.2, 0.25) is 0 Å². The number of hydrogen-bond donors (Lipinski definition) is 1. The van der Waals surface area contributed by atoms with E-state index in [1.54, 1.807) is 10.8 Å². The first-order valence-corrected chi connectivity index (χ1v) is 9.07. The summed E-state index contributed by atoms with van der Waals surface area (Å²) < 4.78 is 3.63. The largest absolute Gasteiger partial charge is 0.334 e. The second-order valence-electron chi connectivity index (χ2n) is 6.88. The molecule has 0 spiro atoms. The average molecular weight is 348 g/mol. The molecular weight excluding hydrogens is 328 g/mol. The Kier molecular flexibility index (Phi) is 3.55. The Labute approximate surface area is 150 Å². The first-order valence-electron chi connectivity index (χ1n) is 9.07. The number of piperazine rings is 1. The van der Waals surface area contributed by atoms with Gasteiger partial charge >= 0.3 is 0 Å². The summed E-state index contributed by atoms with van der Waals surface area (Å²) in [6.45, 7) is 5.56. The van der Waals surface area contributed by atoms with E-state index in [1.165, 1.54) is 0 Å². The molecule has 0 saturated carbocycles. The van der Waals surface area contributed by atoms with Crippen molar-refractivity contribution in [3.05, 3.63) is 58.5 Å². The summed E-state index contributed by atoms with van der Waals surface area (Å²) in [7, 11) is 0. The molecule has 2 aliphatic rings. The van der Waals surface area contributed by atoms with Gasteiger partial charge < -0.3 is 9.88 Å². The quantitative estimate of drug-likeness (QED) is 0.608. The van der Waals surface area contributed by atoms with Crippen LogP contribution < -0.4 is 10.7 Å². The molecule has 0 bridgehead atoms. The van der Waals surface area contributed by atoms with Gasteiger partial charge in [-0.2, -0.15) is 0 Å². The molecule has 6 heteroatoms. The van der Waals surface area contributed by atoms with E-state index in [9.17, 15) is 9.59 Å². The van der Waals surface area contributed by atoms with Crippen molar-refractivity contribution in [3.8, 4) is 11.3 Å². The van der Waals surface area contributed by atoms with E-state index in [2.05, 4.69) is 10.2 Å². The maximum atomic E-state index is 13.1. The molecule has 6 nitrogen and oxygen atoms in total. The topological polar surface area (TPSA) is 59.3 Å². The van der Waals surface area contributed by atoms with Gasteiger partial charge in [0.25, 0.3) is 5.91 Å². The molecule has 1 fully saturated rings. The second-order valence-corrected chi connectivity index (χ2v) is 6.88. The van der Waals surface area contributed by atoms with Gasteiger partial charge in [-0.25, -0.2) is 0 Å². The molecule has 5 rings (SSSR count). The molecule has 132 valence electrons. The fraction of sp³-hybridized carbons (Fsp3) is 0.300. The van der Waals surface area contributed by atoms with Crippen LogP contribution in [0.3, 0.4) is 0 Å². The van der Waals surface area contributed by atoms with Crippen molar-refractivity contribution in [2.24, 2.45) is 0 Å². The number of pyridine rings is 1. The van der Waals surface area contributed by atoms with E-state index in [0.29, 0.717) is 28.9 Å². The highest BCUT2D eigenvalue weighted by Crippen LogP contribution is 2.32. The molecule has 2 aromatic heterocycles. The maximum absolute atomic E-state index is 13.1. The number of carbonyl (C=O) groups is 1. The van der Waals surface area contributed by atoms with Crippen LogP contribution in [0, 0.1) is 0 Å². The van der Waals surface area contributed by atoms with E-state index in [1.807, 2.05) is 41.0 Å². The van der Waals surface area contributed by atoms with Crippen LogP contribution in [-0.4, -0.2) is 52.7 Å². The molecule has 0 unspecified atom stereocenters. The number of para-hydroxylation sites is 1. The Morgan fingerprint density at radius 1 is 0.962 bits per heavy atom. The lowest BCUT2D eigenvalue weighted by Crippen LogP contribution is -2.44. The first-order chi connectivity index (χ1) is 12.8. The number of nitrogens with one attached hydrogen (secondary N) is 1. The van der Waals surface area contributed by atoms with Crippen molar-refractivity contribution in [2.45, 2.75) is 6.54 Å². The number of hydrogen-bond acceptors (Lipinski definition) is 4. The maximum Gasteiger partial charge on any atom is 0.279 e. The number of fused-ring (bicyclic) bond motifs is 4. The summed E-state index contributed by atoms with van der Waals surface area (Å²) in [5.74, 6) is -0.108. The summed E-state index contributed by atoms with van der Waals surface area (Å²) in [6, 6.07) is 11.3. The van der Waals surface area contributed by atoms with Gasteiger partial charge in [-0.15, -0.1) is 0 Å². The minimum absolute atomic E-state index is 0.0557. The lowest BCUT2D eigenvalue weighted by molar-refractivity contribution is 0.0959. The van der Waals surface area contributed by atoms with Crippen LogP contribution in [0.5, 0.6) is 0 Å². The summed E-state index contributed by atoms with van der Waals surface area (Å²) in [4.78, 5) is 28.5. The van der Waals surface area contributed by atoms with Crippen molar-refractivity contribution >= 4 is 16.8 Å². The van der Waals surface area contributed by atoms with Crippen LogP contribution in [-0.2, 0) is 6.54 Å². The Morgan fingerprint density at radius 3 is 2.62 bits per heavy atom. The minimum Gasteiger partial charge on any atom is -0.334 e. The lowest BCUT2D eigenvalue weighted by Gasteiger charge is -2.28. The van der Waals surface area contributed by atoms with Crippen molar-refractivity contribution in [3.63, 3.8) is 0 Å².